The Hall–Kier alpha value is -1.24. The van der Waals surface area contributed by atoms with Crippen LogP contribution in [0.15, 0.2) is 17.5 Å². The van der Waals surface area contributed by atoms with Crippen molar-refractivity contribution < 1.29 is 18.0 Å². The van der Waals surface area contributed by atoms with E-state index in [1.165, 1.54) is 0 Å². The second-order valence-corrected chi connectivity index (χ2v) is 4.09. The molecule has 0 aromatic carbocycles. The van der Waals surface area contributed by atoms with Crippen molar-refractivity contribution in [2.24, 2.45) is 0 Å². The summed E-state index contributed by atoms with van der Waals surface area (Å²) in [6.07, 6.45) is -3.75. The van der Waals surface area contributed by atoms with Gasteiger partial charge in [-0.2, -0.15) is 13.2 Å². The molecule has 0 aliphatic rings. The molecule has 0 bridgehead atoms. The van der Waals surface area contributed by atoms with Gasteiger partial charge in [0, 0.05) is 11.4 Å². The first kappa shape index (κ1) is 12.8. The zero-order valence-electron chi connectivity index (χ0n) is 8.30. The van der Waals surface area contributed by atoms with Crippen LogP contribution in [0, 0.1) is 0 Å². The normalized spacial score (nSPS) is 11.2. The third kappa shape index (κ3) is 5.59. The maximum absolute atomic E-state index is 11.7. The topological polar surface area (TPSA) is 41.1 Å². The molecule has 0 spiro atoms. The molecular formula is C9H11F3N2OS. The molecule has 0 aliphatic heterocycles. The summed E-state index contributed by atoms with van der Waals surface area (Å²) in [5.74, 6) is 0. The zero-order chi connectivity index (χ0) is 12.0. The molecule has 0 unspecified atom stereocenters. The third-order valence-electron chi connectivity index (χ3n) is 1.69. The van der Waals surface area contributed by atoms with Gasteiger partial charge >= 0.3 is 12.2 Å². The highest BCUT2D eigenvalue weighted by Gasteiger charge is 2.27. The largest absolute Gasteiger partial charge is 0.405 e. The van der Waals surface area contributed by atoms with Crippen LogP contribution in [-0.4, -0.2) is 25.3 Å². The number of alkyl halides is 3. The molecule has 0 saturated heterocycles. The minimum Gasteiger partial charge on any atom is -0.338 e. The highest BCUT2D eigenvalue weighted by Crippen LogP contribution is 2.12. The van der Waals surface area contributed by atoms with Crippen LogP contribution < -0.4 is 10.6 Å². The first-order valence-corrected chi connectivity index (χ1v) is 5.46. The van der Waals surface area contributed by atoms with Crippen LogP contribution in [0.1, 0.15) is 4.88 Å². The number of amides is 2. The second-order valence-electron chi connectivity index (χ2n) is 3.05. The molecule has 1 aromatic rings. The molecule has 0 atom stereocenters. The van der Waals surface area contributed by atoms with E-state index in [0.29, 0.717) is 13.0 Å². The van der Waals surface area contributed by atoms with E-state index in [4.69, 9.17) is 0 Å². The van der Waals surface area contributed by atoms with Gasteiger partial charge < -0.3 is 10.6 Å². The molecule has 90 valence electrons. The summed E-state index contributed by atoms with van der Waals surface area (Å²) < 4.78 is 35.2. The Kier molecular flexibility index (Phi) is 4.60. The second kappa shape index (κ2) is 5.74. The van der Waals surface area contributed by atoms with E-state index in [-0.39, 0.29) is 0 Å². The lowest BCUT2D eigenvalue weighted by atomic mass is 10.3. The standard InChI is InChI=1S/C9H11F3N2OS/c10-9(11,12)6-14-8(15)13-4-3-7-2-1-5-16-7/h1-2,5H,3-4,6H2,(H2,13,14,15). The van der Waals surface area contributed by atoms with E-state index in [1.54, 1.807) is 16.7 Å². The zero-order valence-corrected chi connectivity index (χ0v) is 9.12. The van der Waals surface area contributed by atoms with Gasteiger partial charge in [-0.3, -0.25) is 0 Å². The van der Waals surface area contributed by atoms with E-state index in [0.717, 1.165) is 4.88 Å². The van der Waals surface area contributed by atoms with E-state index in [9.17, 15) is 18.0 Å². The quantitative estimate of drug-likeness (QED) is 0.847. The Bertz CT molecular complexity index is 324. The maximum Gasteiger partial charge on any atom is 0.405 e. The fraction of sp³-hybridized carbons (Fsp3) is 0.444. The highest BCUT2D eigenvalue weighted by atomic mass is 32.1. The minimum atomic E-state index is -4.37. The number of carbonyl (C=O) groups excluding carboxylic acids is 1. The number of rotatable bonds is 4. The Labute approximate surface area is 94.7 Å². The lowest BCUT2D eigenvalue weighted by molar-refractivity contribution is -0.122. The van der Waals surface area contributed by atoms with Crippen LogP contribution in [0.2, 0.25) is 0 Å². The molecule has 0 radical (unpaired) electrons. The van der Waals surface area contributed by atoms with Crippen LogP contribution >= 0.6 is 11.3 Å². The third-order valence-corrected chi connectivity index (χ3v) is 2.62. The molecule has 1 aromatic heterocycles. The molecule has 0 fully saturated rings. The maximum atomic E-state index is 11.7. The first-order valence-electron chi connectivity index (χ1n) is 4.58. The fourth-order valence-corrected chi connectivity index (χ4v) is 1.71. The Morgan fingerprint density at radius 3 is 2.69 bits per heavy atom. The monoisotopic (exact) mass is 252 g/mol. The molecule has 1 rings (SSSR count). The summed E-state index contributed by atoms with van der Waals surface area (Å²) in [6.45, 7) is -0.984. The van der Waals surface area contributed by atoms with Crippen LogP contribution in [-0.2, 0) is 6.42 Å². The molecule has 1 heterocycles. The number of hydrogen-bond donors (Lipinski definition) is 2. The van der Waals surface area contributed by atoms with E-state index >= 15 is 0 Å². The lowest BCUT2D eigenvalue weighted by Gasteiger charge is -2.09. The number of thiophene rings is 1. The summed E-state index contributed by atoms with van der Waals surface area (Å²) >= 11 is 1.54. The van der Waals surface area contributed by atoms with Gasteiger partial charge in [0.15, 0.2) is 0 Å². The van der Waals surface area contributed by atoms with Crippen molar-refractivity contribution in [3.63, 3.8) is 0 Å². The van der Waals surface area contributed by atoms with E-state index in [2.05, 4.69) is 5.32 Å². The molecule has 0 saturated carbocycles. The lowest BCUT2D eigenvalue weighted by Crippen LogP contribution is -2.41. The van der Waals surface area contributed by atoms with Crippen molar-refractivity contribution in [1.82, 2.24) is 10.6 Å². The van der Waals surface area contributed by atoms with Crippen LogP contribution in [0.4, 0.5) is 18.0 Å². The van der Waals surface area contributed by atoms with Crippen molar-refractivity contribution in [3.8, 4) is 0 Å². The Morgan fingerprint density at radius 2 is 2.12 bits per heavy atom. The number of urea groups is 1. The Balaban J connectivity index is 2.11. The van der Waals surface area contributed by atoms with Crippen LogP contribution in [0.3, 0.4) is 0 Å². The summed E-state index contributed by atoms with van der Waals surface area (Å²) in [7, 11) is 0. The van der Waals surface area contributed by atoms with Crippen LogP contribution in [0.5, 0.6) is 0 Å². The van der Waals surface area contributed by atoms with E-state index < -0.39 is 18.8 Å². The van der Waals surface area contributed by atoms with Gasteiger partial charge in [-0.1, -0.05) is 6.07 Å². The first-order chi connectivity index (χ1) is 7.47. The van der Waals surface area contributed by atoms with Gasteiger partial charge in [-0.25, -0.2) is 4.79 Å². The average Bonchev–Trinajstić information content (AvgIpc) is 2.66. The van der Waals surface area contributed by atoms with Crippen molar-refractivity contribution in [3.05, 3.63) is 22.4 Å². The van der Waals surface area contributed by atoms with Gasteiger partial charge in [0.25, 0.3) is 0 Å². The number of nitrogens with one attached hydrogen (secondary N) is 2. The smallest absolute Gasteiger partial charge is 0.338 e. The minimum absolute atomic E-state index is 0.324. The predicted molar refractivity (Wildman–Crippen MR) is 55.5 cm³/mol. The van der Waals surface area contributed by atoms with Gasteiger partial charge in [0.1, 0.15) is 6.54 Å². The number of halogens is 3. The van der Waals surface area contributed by atoms with Crippen molar-refractivity contribution >= 4 is 17.4 Å². The summed E-state index contributed by atoms with van der Waals surface area (Å²) in [5.41, 5.74) is 0. The summed E-state index contributed by atoms with van der Waals surface area (Å²) in [4.78, 5) is 12.0. The highest BCUT2D eigenvalue weighted by molar-refractivity contribution is 7.09. The Morgan fingerprint density at radius 1 is 1.38 bits per heavy atom. The predicted octanol–water partition coefficient (Wildman–Crippen LogP) is 2.15. The SMILES string of the molecule is O=C(NCCc1cccs1)NCC(F)(F)F. The van der Waals surface area contributed by atoms with Crippen molar-refractivity contribution in [1.29, 1.82) is 0 Å². The molecule has 0 aliphatic carbocycles. The number of hydrogen-bond acceptors (Lipinski definition) is 2. The molecular weight excluding hydrogens is 241 g/mol. The van der Waals surface area contributed by atoms with Gasteiger partial charge in [0.2, 0.25) is 0 Å². The molecule has 16 heavy (non-hydrogen) atoms. The van der Waals surface area contributed by atoms with Gasteiger partial charge in [-0.05, 0) is 17.9 Å². The van der Waals surface area contributed by atoms with E-state index in [1.807, 2.05) is 17.5 Å². The molecule has 2 N–H and O–H groups in total. The van der Waals surface area contributed by atoms with Crippen LogP contribution in [0.25, 0.3) is 0 Å². The van der Waals surface area contributed by atoms with Crippen molar-refractivity contribution in [2.75, 3.05) is 13.1 Å². The average molecular weight is 252 g/mol. The molecule has 3 nitrogen and oxygen atoms in total. The summed E-state index contributed by atoms with van der Waals surface area (Å²) in [5, 5.41) is 5.98. The number of carbonyl (C=O) groups is 1. The molecule has 7 heteroatoms. The van der Waals surface area contributed by atoms with Gasteiger partial charge in [0.05, 0.1) is 0 Å². The fourth-order valence-electron chi connectivity index (χ4n) is 0.997. The van der Waals surface area contributed by atoms with Crippen molar-refractivity contribution in [2.45, 2.75) is 12.6 Å². The van der Waals surface area contributed by atoms with Gasteiger partial charge in [-0.15, -0.1) is 11.3 Å². The summed E-state index contributed by atoms with van der Waals surface area (Å²) in [6, 6.07) is 2.98. The molecule has 2 amide bonds.